The highest BCUT2D eigenvalue weighted by atomic mass is 35.5. The molecule has 0 atom stereocenters. The van der Waals surface area contributed by atoms with Crippen LogP contribution in [0.5, 0.6) is 0 Å². The number of amides is 3. The number of hydrogen-bond acceptors (Lipinski definition) is 3. The third-order valence-corrected chi connectivity index (χ3v) is 4.08. The molecular weight excluding hydrogens is 292 g/mol. The molecule has 2 aliphatic rings. The van der Waals surface area contributed by atoms with Crippen LogP contribution in [0.4, 0.5) is 4.79 Å². The third kappa shape index (κ3) is 2.15. The molecule has 21 heavy (non-hydrogen) atoms. The van der Waals surface area contributed by atoms with Crippen molar-refractivity contribution >= 4 is 29.2 Å². The fourth-order valence-corrected chi connectivity index (χ4v) is 2.81. The van der Waals surface area contributed by atoms with Gasteiger partial charge in [-0.1, -0.05) is 11.6 Å². The lowest BCUT2D eigenvalue weighted by Gasteiger charge is -2.15. The van der Waals surface area contributed by atoms with Gasteiger partial charge in [0.15, 0.2) is 0 Å². The first-order valence-electron chi connectivity index (χ1n) is 6.86. The number of imide groups is 1. The number of nitrogens with zero attached hydrogens (tertiary/aromatic N) is 4. The van der Waals surface area contributed by atoms with Gasteiger partial charge in [0.25, 0.3) is 5.91 Å². The molecule has 0 radical (unpaired) electrons. The van der Waals surface area contributed by atoms with Crippen molar-refractivity contribution in [2.24, 2.45) is 0 Å². The van der Waals surface area contributed by atoms with Crippen molar-refractivity contribution < 1.29 is 9.59 Å². The summed E-state index contributed by atoms with van der Waals surface area (Å²) in [4.78, 5) is 31.6. The van der Waals surface area contributed by atoms with Crippen LogP contribution in [-0.4, -0.2) is 43.7 Å². The Hall–Kier alpha value is -2.08. The van der Waals surface area contributed by atoms with Crippen molar-refractivity contribution in [3.05, 3.63) is 35.2 Å². The topological polar surface area (TPSA) is 57.9 Å². The first-order chi connectivity index (χ1) is 10.1. The number of halogens is 1. The van der Waals surface area contributed by atoms with Crippen LogP contribution in [0.15, 0.2) is 24.5 Å². The Bertz CT molecular complexity index is 753. The third-order valence-electron chi connectivity index (χ3n) is 3.86. The van der Waals surface area contributed by atoms with Crippen LogP contribution in [-0.2, 0) is 11.3 Å². The predicted octanol–water partition coefficient (Wildman–Crippen LogP) is 1.91. The fourth-order valence-electron chi connectivity index (χ4n) is 2.64. The van der Waals surface area contributed by atoms with Crippen LogP contribution in [0.3, 0.4) is 0 Å². The maximum Gasteiger partial charge on any atom is 0.327 e. The molecule has 0 unspecified atom stereocenters. The molecule has 2 aromatic rings. The fraction of sp³-hybridized carbons (Fsp3) is 0.357. The van der Waals surface area contributed by atoms with Gasteiger partial charge in [0.1, 0.15) is 12.2 Å². The molecule has 1 aliphatic heterocycles. The molecule has 3 heterocycles. The number of carbonyl (C=O) groups is 2. The number of urea groups is 1. The standard InChI is InChI=1S/C14H13ClN4O2/c15-9-1-4-12-16-10(6-17(12)5-9)7-19-13(20)8-18(14(19)21)11-2-3-11/h1,4-6,11H,2-3,7-8H2. The van der Waals surface area contributed by atoms with E-state index in [0.717, 1.165) is 18.5 Å². The molecule has 4 rings (SSSR count). The summed E-state index contributed by atoms with van der Waals surface area (Å²) in [6.07, 6.45) is 5.54. The molecule has 1 saturated carbocycles. The van der Waals surface area contributed by atoms with Gasteiger partial charge in [-0.05, 0) is 25.0 Å². The van der Waals surface area contributed by atoms with Gasteiger partial charge in [-0.25, -0.2) is 9.78 Å². The summed E-state index contributed by atoms with van der Waals surface area (Å²) in [6, 6.07) is 3.62. The summed E-state index contributed by atoms with van der Waals surface area (Å²) in [6.45, 7) is 0.406. The average Bonchev–Trinajstić information content (AvgIpc) is 3.15. The summed E-state index contributed by atoms with van der Waals surface area (Å²) in [5.41, 5.74) is 1.42. The molecule has 2 fully saturated rings. The average molecular weight is 305 g/mol. The Morgan fingerprint density at radius 3 is 2.81 bits per heavy atom. The lowest BCUT2D eigenvalue weighted by Crippen LogP contribution is -2.33. The Morgan fingerprint density at radius 1 is 1.24 bits per heavy atom. The normalized spacial score (nSPS) is 19.1. The zero-order valence-corrected chi connectivity index (χ0v) is 12.0. The molecule has 108 valence electrons. The van der Waals surface area contributed by atoms with Gasteiger partial charge in [0.2, 0.25) is 0 Å². The number of fused-ring (bicyclic) bond motifs is 1. The molecule has 6 nitrogen and oxygen atoms in total. The highest BCUT2D eigenvalue weighted by Gasteiger charge is 2.43. The van der Waals surface area contributed by atoms with Crippen LogP contribution in [0.1, 0.15) is 18.5 Å². The lowest BCUT2D eigenvalue weighted by molar-refractivity contribution is -0.125. The molecule has 0 spiro atoms. The van der Waals surface area contributed by atoms with Gasteiger partial charge in [-0.3, -0.25) is 9.69 Å². The molecular formula is C14H13ClN4O2. The molecule has 0 aromatic carbocycles. The van der Waals surface area contributed by atoms with Crippen LogP contribution in [0.25, 0.3) is 5.65 Å². The van der Waals surface area contributed by atoms with E-state index in [1.807, 2.05) is 0 Å². The van der Waals surface area contributed by atoms with E-state index >= 15 is 0 Å². The lowest BCUT2D eigenvalue weighted by atomic mass is 10.4. The van der Waals surface area contributed by atoms with Crippen LogP contribution >= 0.6 is 11.6 Å². The van der Waals surface area contributed by atoms with E-state index in [1.165, 1.54) is 4.90 Å². The Morgan fingerprint density at radius 2 is 2.05 bits per heavy atom. The van der Waals surface area contributed by atoms with Crippen LogP contribution < -0.4 is 0 Å². The summed E-state index contributed by atoms with van der Waals surface area (Å²) in [7, 11) is 0. The Labute approximate surface area is 125 Å². The van der Waals surface area contributed by atoms with E-state index in [0.29, 0.717) is 10.7 Å². The Kier molecular flexibility index (Phi) is 2.68. The first kappa shape index (κ1) is 12.6. The number of imidazole rings is 1. The minimum atomic E-state index is -0.197. The number of carbonyl (C=O) groups excluding carboxylic acids is 2. The van der Waals surface area contributed by atoms with E-state index in [1.54, 1.807) is 33.8 Å². The van der Waals surface area contributed by atoms with Gasteiger partial charge >= 0.3 is 6.03 Å². The maximum absolute atomic E-state index is 12.2. The van der Waals surface area contributed by atoms with Crippen LogP contribution in [0.2, 0.25) is 5.02 Å². The van der Waals surface area contributed by atoms with E-state index in [4.69, 9.17) is 11.6 Å². The predicted molar refractivity (Wildman–Crippen MR) is 75.9 cm³/mol. The number of aromatic nitrogens is 2. The second-order valence-electron chi connectivity index (χ2n) is 5.47. The summed E-state index contributed by atoms with van der Waals surface area (Å²) in [5.74, 6) is -0.151. The summed E-state index contributed by atoms with van der Waals surface area (Å²) < 4.78 is 1.79. The Balaban J connectivity index is 1.59. The van der Waals surface area contributed by atoms with Crippen molar-refractivity contribution in [2.75, 3.05) is 6.54 Å². The van der Waals surface area contributed by atoms with Crippen molar-refractivity contribution in [1.82, 2.24) is 19.2 Å². The van der Waals surface area contributed by atoms with E-state index in [-0.39, 0.29) is 31.1 Å². The minimum absolute atomic E-state index is 0.151. The van der Waals surface area contributed by atoms with Crippen molar-refractivity contribution in [2.45, 2.75) is 25.4 Å². The van der Waals surface area contributed by atoms with E-state index in [9.17, 15) is 9.59 Å². The smallest absolute Gasteiger partial charge is 0.312 e. The van der Waals surface area contributed by atoms with Crippen molar-refractivity contribution in [3.8, 4) is 0 Å². The van der Waals surface area contributed by atoms with Gasteiger partial charge < -0.3 is 9.30 Å². The molecule has 2 aromatic heterocycles. The summed E-state index contributed by atoms with van der Waals surface area (Å²) in [5, 5.41) is 0.611. The van der Waals surface area contributed by atoms with E-state index < -0.39 is 0 Å². The molecule has 0 bridgehead atoms. The molecule has 1 saturated heterocycles. The van der Waals surface area contributed by atoms with Crippen molar-refractivity contribution in [1.29, 1.82) is 0 Å². The maximum atomic E-state index is 12.2. The number of hydrogen-bond donors (Lipinski definition) is 0. The first-order valence-corrected chi connectivity index (χ1v) is 7.24. The largest absolute Gasteiger partial charge is 0.327 e. The van der Waals surface area contributed by atoms with Gasteiger partial charge in [-0.15, -0.1) is 0 Å². The molecule has 7 heteroatoms. The van der Waals surface area contributed by atoms with Crippen molar-refractivity contribution in [3.63, 3.8) is 0 Å². The van der Waals surface area contributed by atoms with Crippen LogP contribution in [0, 0.1) is 0 Å². The quantitative estimate of drug-likeness (QED) is 0.814. The highest BCUT2D eigenvalue weighted by Crippen LogP contribution is 2.30. The second kappa shape index (κ2) is 4.46. The zero-order valence-electron chi connectivity index (χ0n) is 11.2. The number of rotatable bonds is 3. The molecule has 3 amide bonds. The minimum Gasteiger partial charge on any atom is -0.312 e. The highest BCUT2D eigenvalue weighted by molar-refractivity contribution is 6.30. The zero-order chi connectivity index (χ0) is 14.6. The van der Waals surface area contributed by atoms with Gasteiger partial charge in [0, 0.05) is 18.4 Å². The van der Waals surface area contributed by atoms with Gasteiger partial charge in [0.05, 0.1) is 17.3 Å². The monoisotopic (exact) mass is 304 g/mol. The molecule has 1 aliphatic carbocycles. The second-order valence-corrected chi connectivity index (χ2v) is 5.90. The number of pyridine rings is 1. The summed E-state index contributed by atoms with van der Waals surface area (Å²) >= 11 is 5.93. The van der Waals surface area contributed by atoms with E-state index in [2.05, 4.69) is 4.98 Å². The van der Waals surface area contributed by atoms with Gasteiger partial charge in [-0.2, -0.15) is 0 Å². The SMILES string of the molecule is O=C1CN(C2CC2)C(=O)N1Cc1cn2cc(Cl)ccc2n1. The molecule has 0 N–H and O–H groups in total.